The fourth-order valence-electron chi connectivity index (χ4n) is 4.33. The molecule has 0 radical (unpaired) electrons. The van der Waals surface area contributed by atoms with E-state index >= 15 is 0 Å². The molecule has 1 nitrogen and oxygen atoms in total. The molecule has 0 aromatic carbocycles. The minimum absolute atomic E-state index is 0.0388. The molecule has 0 saturated carbocycles. The lowest BCUT2D eigenvalue weighted by Gasteiger charge is -2.38. The van der Waals surface area contributed by atoms with Crippen molar-refractivity contribution < 1.29 is 4.74 Å². The van der Waals surface area contributed by atoms with E-state index in [2.05, 4.69) is 83.1 Å². The minimum Gasteiger partial charge on any atom is -0.370 e. The van der Waals surface area contributed by atoms with Crippen molar-refractivity contribution in [3.05, 3.63) is 0 Å². The molecule has 0 N–H and O–H groups in total. The van der Waals surface area contributed by atoms with Crippen LogP contribution in [0.5, 0.6) is 0 Å². The quantitative estimate of drug-likeness (QED) is 0.383. The van der Waals surface area contributed by atoms with Crippen molar-refractivity contribution >= 4 is 0 Å². The summed E-state index contributed by atoms with van der Waals surface area (Å²) in [5, 5.41) is 0. The third kappa shape index (κ3) is 14.8. The van der Waals surface area contributed by atoms with Gasteiger partial charge in [-0.3, -0.25) is 0 Å². The first-order valence-electron chi connectivity index (χ1n) is 10.6. The molecule has 0 bridgehead atoms. The molecule has 0 aromatic rings. The molecule has 0 spiro atoms. The van der Waals surface area contributed by atoms with Crippen LogP contribution < -0.4 is 0 Å². The predicted octanol–water partition coefficient (Wildman–Crippen LogP) is 8.27. The van der Waals surface area contributed by atoms with Gasteiger partial charge >= 0.3 is 0 Å². The van der Waals surface area contributed by atoms with Crippen molar-refractivity contribution in [3.8, 4) is 0 Å². The van der Waals surface area contributed by atoms with Crippen molar-refractivity contribution in [1.29, 1.82) is 0 Å². The van der Waals surface area contributed by atoms with Gasteiger partial charge in [-0.25, -0.2) is 0 Å². The van der Waals surface area contributed by atoms with Gasteiger partial charge < -0.3 is 4.74 Å². The monoisotopic (exact) mass is 354 g/mol. The second-order valence-electron chi connectivity index (χ2n) is 12.4. The smallest absolute Gasteiger partial charge is 0.0633 e. The molecule has 0 fully saturated rings. The van der Waals surface area contributed by atoms with E-state index in [-0.39, 0.29) is 11.2 Å². The van der Waals surface area contributed by atoms with Gasteiger partial charge in [0.15, 0.2) is 0 Å². The third-order valence-corrected chi connectivity index (χ3v) is 4.95. The summed E-state index contributed by atoms with van der Waals surface area (Å²) in [6.07, 6.45) is 7.37. The summed E-state index contributed by atoms with van der Waals surface area (Å²) in [6, 6.07) is 0. The van der Waals surface area contributed by atoms with Gasteiger partial charge in [0, 0.05) is 0 Å². The molecular formula is C24H50O. The minimum atomic E-state index is -0.0388. The maximum atomic E-state index is 6.59. The highest BCUT2D eigenvalue weighted by Gasteiger charge is 2.30. The highest BCUT2D eigenvalue weighted by Crippen LogP contribution is 2.34. The summed E-state index contributed by atoms with van der Waals surface area (Å²) in [5.74, 6) is 1.52. The Kier molecular flexibility index (Phi) is 9.23. The summed E-state index contributed by atoms with van der Waals surface area (Å²) >= 11 is 0. The van der Waals surface area contributed by atoms with Crippen LogP contribution in [0, 0.1) is 22.7 Å². The average molecular weight is 355 g/mol. The van der Waals surface area contributed by atoms with Gasteiger partial charge in [0.05, 0.1) is 11.2 Å². The van der Waals surface area contributed by atoms with Crippen LogP contribution in [0.25, 0.3) is 0 Å². The molecule has 0 aromatic heterocycles. The Morgan fingerprint density at radius 3 is 1.08 bits per heavy atom. The largest absolute Gasteiger partial charge is 0.370 e. The summed E-state index contributed by atoms with van der Waals surface area (Å²) in [4.78, 5) is 0. The molecule has 25 heavy (non-hydrogen) atoms. The Hall–Kier alpha value is -0.0400. The number of hydrogen-bond donors (Lipinski definition) is 0. The normalized spacial score (nSPS) is 16.8. The van der Waals surface area contributed by atoms with Crippen molar-refractivity contribution in [2.75, 3.05) is 0 Å². The Morgan fingerprint density at radius 1 is 0.560 bits per heavy atom. The highest BCUT2D eigenvalue weighted by atomic mass is 16.5. The van der Waals surface area contributed by atoms with Gasteiger partial charge in [-0.1, -0.05) is 55.4 Å². The zero-order chi connectivity index (χ0) is 20.1. The van der Waals surface area contributed by atoms with Gasteiger partial charge in [0.25, 0.3) is 0 Å². The molecule has 0 amide bonds. The van der Waals surface area contributed by atoms with Gasteiger partial charge in [0.2, 0.25) is 0 Å². The Balaban J connectivity index is 4.40. The topological polar surface area (TPSA) is 9.23 Å². The zero-order valence-corrected chi connectivity index (χ0v) is 19.8. The Labute approximate surface area is 160 Å². The zero-order valence-electron chi connectivity index (χ0n) is 19.8. The van der Waals surface area contributed by atoms with Crippen LogP contribution >= 0.6 is 0 Å². The van der Waals surface area contributed by atoms with Gasteiger partial charge in [-0.05, 0) is 88.9 Å². The lowest BCUT2D eigenvalue weighted by molar-refractivity contribution is -0.132. The number of rotatable bonds is 10. The van der Waals surface area contributed by atoms with Crippen molar-refractivity contribution in [2.45, 2.75) is 133 Å². The first-order valence-corrected chi connectivity index (χ1v) is 10.6. The summed E-state index contributed by atoms with van der Waals surface area (Å²) in [6.45, 7) is 27.9. The van der Waals surface area contributed by atoms with Gasteiger partial charge in [-0.15, -0.1) is 0 Å². The van der Waals surface area contributed by atoms with Crippen molar-refractivity contribution in [3.63, 3.8) is 0 Å². The Bertz CT molecular complexity index is 329. The third-order valence-electron chi connectivity index (χ3n) is 4.95. The molecule has 1 heteroatoms. The molecule has 2 unspecified atom stereocenters. The van der Waals surface area contributed by atoms with Crippen LogP contribution in [0.2, 0.25) is 0 Å². The number of hydrogen-bond acceptors (Lipinski definition) is 1. The second-order valence-corrected chi connectivity index (χ2v) is 12.4. The average Bonchev–Trinajstić information content (AvgIpc) is 2.29. The Morgan fingerprint density at radius 2 is 0.840 bits per heavy atom. The first-order chi connectivity index (χ1) is 10.9. The molecule has 152 valence electrons. The van der Waals surface area contributed by atoms with Crippen molar-refractivity contribution in [1.82, 2.24) is 0 Å². The van der Waals surface area contributed by atoms with E-state index in [0.717, 1.165) is 24.7 Å². The van der Waals surface area contributed by atoms with Crippen LogP contribution in [0.4, 0.5) is 0 Å². The van der Waals surface area contributed by atoms with E-state index in [9.17, 15) is 0 Å². The standard InChI is InChI=1S/C24H50O/c1-19(17-21(3,4)5)13-15-23(9,10)25-24(11,12)16-14-20(2)18-22(6,7)8/h19-20H,13-18H2,1-12H3. The molecule has 0 aliphatic rings. The maximum Gasteiger partial charge on any atom is 0.0633 e. The maximum absolute atomic E-state index is 6.59. The predicted molar refractivity (Wildman–Crippen MR) is 114 cm³/mol. The number of ether oxygens (including phenoxy) is 1. The highest BCUT2D eigenvalue weighted by molar-refractivity contribution is 4.80. The second kappa shape index (κ2) is 9.25. The van der Waals surface area contributed by atoms with Crippen molar-refractivity contribution in [2.24, 2.45) is 22.7 Å². The van der Waals surface area contributed by atoms with E-state index in [4.69, 9.17) is 4.74 Å². The molecule has 0 aliphatic heterocycles. The molecular weight excluding hydrogens is 304 g/mol. The lowest BCUT2D eigenvalue weighted by atomic mass is 9.81. The van der Waals surface area contributed by atoms with Crippen LogP contribution in [0.3, 0.4) is 0 Å². The van der Waals surface area contributed by atoms with Crippen LogP contribution in [0.15, 0.2) is 0 Å². The van der Waals surface area contributed by atoms with E-state index < -0.39 is 0 Å². The molecule has 0 saturated heterocycles. The molecule has 0 rings (SSSR count). The first kappa shape index (κ1) is 25.0. The van der Waals surface area contributed by atoms with Gasteiger partial charge in [0.1, 0.15) is 0 Å². The van der Waals surface area contributed by atoms with Crippen LogP contribution in [-0.4, -0.2) is 11.2 Å². The van der Waals surface area contributed by atoms with E-state index in [0.29, 0.717) is 10.8 Å². The lowest BCUT2D eigenvalue weighted by Crippen LogP contribution is -2.37. The van der Waals surface area contributed by atoms with E-state index in [1.54, 1.807) is 0 Å². The SMILES string of the molecule is CC(CCC(C)(C)OC(C)(C)CCC(C)CC(C)(C)C)CC(C)(C)C. The summed E-state index contributed by atoms with van der Waals surface area (Å²) in [7, 11) is 0. The molecule has 0 aliphatic carbocycles. The fraction of sp³-hybridized carbons (Fsp3) is 1.00. The fourth-order valence-corrected chi connectivity index (χ4v) is 4.33. The molecule has 2 atom stereocenters. The van der Waals surface area contributed by atoms with Crippen LogP contribution in [0.1, 0.15) is 122 Å². The van der Waals surface area contributed by atoms with E-state index in [1.165, 1.54) is 25.7 Å². The van der Waals surface area contributed by atoms with Gasteiger partial charge in [-0.2, -0.15) is 0 Å². The van der Waals surface area contributed by atoms with Crippen LogP contribution in [-0.2, 0) is 4.74 Å². The summed E-state index contributed by atoms with van der Waals surface area (Å²) < 4.78 is 6.59. The van der Waals surface area contributed by atoms with E-state index in [1.807, 2.05) is 0 Å². The summed E-state index contributed by atoms with van der Waals surface area (Å²) in [5.41, 5.74) is 0.769. The molecule has 0 heterocycles.